The predicted octanol–water partition coefficient (Wildman–Crippen LogP) is 5.18. The fourth-order valence-electron chi connectivity index (χ4n) is 5.07. The first-order valence-corrected chi connectivity index (χ1v) is 12.5. The SMILES string of the molecule is C=Cc1cc(-n2c(=O)n(C[C@H]3CC[C@H](NC(=O)c4cc(Cl)cnc4C)CC3)c3ccccc32)ccn1. The maximum Gasteiger partial charge on any atom is 0.333 e. The predicted molar refractivity (Wildman–Crippen MR) is 143 cm³/mol. The van der Waals surface area contributed by atoms with E-state index < -0.39 is 0 Å². The van der Waals surface area contributed by atoms with E-state index in [1.807, 2.05) is 41.0 Å². The van der Waals surface area contributed by atoms with Crippen molar-refractivity contribution in [1.82, 2.24) is 24.4 Å². The van der Waals surface area contributed by atoms with E-state index in [0.29, 0.717) is 28.7 Å². The molecule has 1 aliphatic rings. The van der Waals surface area contributed by atoms with Crippen molar-refractivity contribution in [1.29, 1.82) is 0 Å². The number of nitrogens with one attached hydrogen (secondary N) is 1. The third-order valence-electron chi connectivity index (χ3n) is 6.99. The Kier molecular flexibility index (Phi) is 6.74. The van der Waals surface area contributed by atoms with Crippen molar-refractivity contribution in [2.45, 2.75) is 45.2 Å². The molecule has 0 bridgehead atoms. The molecule has 1 aliphatic carbocycles. The number of benzene rings is 1. The Bertz CT molecular complexity index is 1500. The summed E-state index contributed by atoms with van der Waals surface area (Å²) >= 11 is 6.03. The van der Waals surface area contributed by atoms with Gasteiger partial charge < -0.3 is 5.32 Å². The second-order valence-electron chi connectivity index (χ2n) is 9.34. The molecule has 7 nitrogen and oxygen atoms in total. The fraction of sp³-hybridized carbons (Fsp3) is 0.286. The van der Waals surface area contributed by atoms with E-state index in [2.05, 4.69) is 21.9 Å². The maximum atomic E-state index is 13.6. The van der Waals surface area contributed by atoms with E-state index >= 15 is 0 Å². The number of imidazole rings is 1. The Morgan fingerprint density at radius 1 is 1.14 bits per heavy atom. The first-order chi connectivity index (χ1) is 17.4. The third kappa shape index (κ3) is 4.71. The zero-order chi connectivity index (χ0) is 25.2. The van der Waals surface area contributed by atoms with E-state index in [0.717, 1.165) is 48.1 Å². The average molecular weight is 502 g/mol. The van der Waals surface area contributed by atoms with Crippen molar-refractivity contribution < 1.29 is 4.79 Å². The van der Waals surface area contributed by atoms with Crippen LogP contribution in [0, 0.1) is 12.8 Å². The summed E-state index contributed by atoms with van der Waals surface area (Å²) in [6.45, 7) is 6.24. The quantitative estimate of drug-likeness (QED) is 0.395. The van der Waals surface area contributed by atoms with Crippen molar-refractivity contribution in [3.63, 3.8) is 0 Å². The molecule has 184 valence electrons. The first kappa shape index (κ1) is 24.0. The van der Waals surface area contributed by atoms with Gasteiger partial charge in [-0.3, -0.25) is 23.9 Å². The molecule has 8 heteroatoms. The highest BCUT2D eigenvalue weighted by Gasteiger charge is 2.25. The Balaban J connectivity index is 1.32. The van der Waals surface area contributed by atoms with Crippen LogP contribution >= 0.6 is 11.6 Å². The number of amides is 1. The van der Waals surface area contributed by atoms with Gasteiger partial charge in [0.2, 0.25) is 0 Å². The first-order valence-electron chi connectivity index (χ1n) is 12.2. The lowest BCUT2D eigenvalue weighted by atomic mass is 9.85. The average Bonchev–Trinajstić information content (AvgIpc) is 3.17. The van der Waals surface area contributed by atoms with E-state index in [9.17, 15) is 9.59 Å². The molecule has 0 aliphatic heterocycles. The monoisotopic (exact) mass is 501 g/mol. The van der Waals surface area contributed by atoms with E-state index in [1.165, 1.54) is 0 Å². The minimum atomic E-state index is -0.138. The molecule has 0 unspecified atom stereocenters. The molecule has 3 aromatic heterocycles. The van der Waals surface area contributed by atoms with Crippen molar-refractivity contribution in [3.05, 3.63) is 93.9 Å². The van der Waals surface area contributed by atoms with Crippen LogP contribution in [0.3, 0.4) is 0 Å². The van der Waals surface area contributed by atoms with Gasteiger partial charge in [-0.05, 0) is 74.9 Å². The smallest absolute Gasteiger partial charge is 0.333 e. The number of halogens is 1. The molecule has 1 N–H and O–H groups in total. The van der Waals surface area contributed by atoms with Gasteiger partial charge in [0.25, 0.3) is 5.91 Å². The summed E-state index contributed by atoms with van der Waals surface area (Å²) in [6, 6.07) is 13.3. The van der Waals surface area contributed by atoms with Crippen LogP contribution in [0.5, 0.6) is 0 Å². The van der Waals surface area contributed by atoms with Gasteiger partial charge in [0.1, 0.15) is 0 Å². The van der Waals surface area contributed by atoms with Crippen molar-refractivity contribution in [3.8, 4) is 5.69 Å². The lowest BCUT2D eigenvalue weighted by molar-refractivity contribution is 0.0919. The van der Waals surface area contributed by atoms with Gasteiger partial charge in [-0.2, -0.15) is 0 Å². The van der Waals surface area contributed by atoms with Gasteiger partial charge in [0.05, 0.1) is 38.7 Å². The molecule has 1 aromatic carbocycles. The van der Waals surface area contributed by atoms with Gasteiger partial charge in [0.15, 0.2) is 0 Å². The van der Waals surface area contributed by atoms with Gasteiger partial charge in [-0.25, -0.2) is 4.79 Å². The third-order valence-corrected chi connectivity index (χ3v) is 7.20. The molecule has 4 aromatic rings. The number of rotatable bonds is 6. The molecule has 3 heterocycles. The number of nitrogens with zero attached hydrogens (tertiary/aromatic N) is 4. The van der Waals surface area contributed by atoms with Crippen LogP contribution in [-0.4, -0.2) is 31.1 Å². The van der Waals surface area contributed by atoms with Crippen LogP contribution < -0.4 is 11.0 Å². The number of aryl methyl sites for hydroxylation is 1. The van der Waals surface area contributed by atoms with Crippen molar-refractivity contribution in [2.75, 3.05) is 0 Å². The number of para-hydroxylation sites is 2. The van der Waals surface area contributed by atoms with Crippen LogP contribution in [0.15, 0.2) is 66.2 Å². The number of hydrogen-bond acceptors (Lipinski definition) is 4. The molecule has 0 saturated heterocycles. The van der Waals surface area contributed by atoms with Crippen LogP contribution in [0.4, 0.5) is 0 Å². The summed E-state index contributed by atoms with van der Waals surface area (Å²) in [6.07, 6.45) is 8.51. The summed E-state index contributed by atoms with van der Waals surface area (Å²) in [5, 5.41) is 3.59. The highest BCUT2D eigenvalue weighted by atomic mass is 35.5. The lowest BCUT2D eigenvalue weighted by Crippen LogP contribution is -2.39. The minimum absolute atomic E-state index is 0.0585. The number of hydrogen-bond donors (Lipinski definition) is 1. The number of carbonyl (C=O) groups is 1. The van der Waals surface area contributed by atoms with Crippen LogP contribution in [-0.2, 0) is 6.54 Å². The standard InChI is InChI=1S/C28H28ClN5O2/c1-3-21-15-23(12-13-30-21)34-26-7-5-4-6-25(26)33(28(34)36)17-19-8-10-22(11-9-19)32-27(35)24-14-20(29)16-31-18(24)2/h3-7,12-16,19,22H,1,8-11,17H2,2H3,(H,32,35)/t19-,22-. The number of carbonyl (C=O) groups excluding carboxylic acids is 1. The number of aromatic nitrogens is 4. The van der Waals surface area contributed by atoms with Crippen LogP contribution in [0.1, 0.15) is 47.4 Å². The topological polar surface area (TPSA) is 81.8 Å². The Labute approximate surface area is 214 Å². The Morgan fingerprint density at radius 2 is 1.89 bits per heavy atom. The summed E-state index contributed by atoms with van der Waals surface area (Å²) < 4.78 is 3.63. The van der Waals surface area contributed by atoms with Gasteiger partial charge in [-0.15, -0.1) is 0 Å². The molecule has 5 rings (SSSR count). The molecule has 0 spiro atoms. The molecular weight excluding hydrogens is 474 g/mol. The Morgan fingerprint density at radius 3 is 2.64 bits per heavy atom. The zero-order valence-corrected chi connectivity index (χ0v) is 20.9. The lowest BCUT2D eigenvalue weighted by Gasteiger charge is -2.29. The number of pyridine rings is 2. The molecular formula is C28H28ClN5O2. The summed E-state index contributed by atoms with van der Waals surface area (Å²) in [4.78, 5) is 34.8. The maximum absolute atomic E-state index is 13.6. The summed E-state index contributed by atoms with van der Waals surface area (Å²) in [7, 11) is 0. The van der Waals surface area contributed by atoms with E-state index in [4.69, 9.17) is 11.6 Å². The van der Waals surface area contributed by atoms with Gasteiger partial charge in [-0.1, -0.05) is 30.3 Å². The highest BCUT2D eigenvalue weighted by Crippen LogP contribution is 2.28. The molecule has 1 saturated carbocycles. The number of fused-ring (bicyclic) bond motifs is 1. The van der Waals surface area contributed by atoms with Crippen LogP contribution in [0.2, 0.25) is 5.02 Å². The normalized spacial score (nSPS) is 17.7. The molecule has 0 radical (unpaired) electrons. The molecule has 36 heavy (non-hydrogen) atoms. The largest absolute Gasteiger partial charge is 0.349 e. The van der Waals surface area contributed by atoms with Crippen molar-refractivity contribution in [2.24, 2.45) is 5.92 Å². The fourth-order valence-corrected chi connectivity index (χ4v) is 5.23. The summed E-state index contributed by atoms with van der Waals surface area (Å²) in [5.41, 5.74) is 4.40. The Hall–Kier alpha value is -3.71. The molecule has 0 atom stereocenters. The van der Waals surface area contributed by atoms with Crippen LogP contribution in [0.25, 0.3) is 22.8 Å². The zero-order valence-electron chi connectivity index (χ0n) is 20.2. The van der Waals surface area contributed by atoms with E-state index in [-0.39, 0.29) is 17.6 Å². The molecule has 1 amide bonds. The van der Waals surface area contributed by atoms with Crippen molar-refractivity contribution >= 4 is 34.6 Å². The summed E-state index contributed by atoms with van der Waals surface area (Å²) in [5.74, 6) is 0.215. The minimum Gasteiger partial charge on any atom is -0.349 e. The van der Waals surface area contributed by atoms with Gasteiger partial charge >= 0.3 is 5.69 Å². The van der Waals surface area contributed by atoms with Gasteiger partial charge in [0, 0.05) is 25.0 Å². The highest BCUT2D eigenvalue weighted by molar-refractivity contribution is 6.30. The molecule has 1 fully saturated rings. The second-order valence-corrected chi connectivity index (χ2v) is 9.77. The second kappa shape index (κ2) is 10.1. The van der Waals surface area contributed by atoms with E-state index in [1.54, 1.807) is 36.0 Å².